The molecule has 1 aliphatic heterocycles. The summed E-state index contributed by atoms with van der Waals surface area (Å²) in [5.41, 5.74) is -1.14. The summed E-state index contributed by atoms with van der Waals surface area (Å²) in [5.74, 6) is -0.718. The lowest BCUT2D eigenvalue weighted by Crippen LogP contribution is -2.39. The van der Waals surface area contributed by atoms with Gasteiger partial charge in [-0.3, -0.25) is 19.0 Å². The van der Waals surface area contributed by atoms with Gasteiger partial charge in [-0.05, 0) is 37.1 Å². The lowest BCUT2D eigenvalue weighted by Gasteiger charge is -2.27. The zero-order valence-electron chi connectivity index (χ0n) is 16.6. The molecule has 1 unspecified atom stereocenters. The lowest BCUT2D eigenvalue weighted by atomic mass is 10.1. The molecule has 1 aliphatic rings. The maximum atomic E-state index is 13.3. The third kappa shape index (κ3) is 3.85. The number of likely N-dealkylation sites (tertiary alicyclic amines) is 1. The van der Waals surface area contributed by atoms with Gasteiger partial charge in [0, 0.05) is 19.8 Å². The van der Waals surface area contributed by atoms with E-state index in [1.54, 1.807) is 24.3 Å². The summed E-state index contributed by atoms with van der Waals surface area (Å²) in [6.07, 6.45) is -2.29. The average Bonchev–Trinajstić information content (AvgIpc) is 3.20. The fourth-order valence-electron chi connectivity index (χ4n) is 3.96. The number of hydrogen-bond acceptors (Lipinski definition) is 4. The normalized spacial score (nSPS) is 16.8. The van der Waals surface area contributed by atoms with Crippen molar-refractivity contribution in [2.24, 2.45) is 7.05 Å². The molecule has 1 atom stereocenters. The Morgan fingerprint density at radius 2 is 1.87 bits per heavy atom. The minimum absolute atomic E-state index is 0.0725. The first kappa shape index (κ1) is 20.8. The number of aryl methyl sites for hydroxylation is 1. The Morgan fingerprint density at radius 1 is 1.13 bits per heavy atom. The second-order valence-corrected chi connectivity index (χ2v) is 7.49. The van der Waals surface area contributed by atoms with Gasteiger partial charge in [0.15, 0.2) is 0 Å². The van der Waals surface area contributed by atoms with Crippen LogP contribution in [0.4, 0.5) is 13.2 Å². The van der Waals surface area contributed by atoms with E-state index in [0.717, 1.165) is 0 Å². The van der Waals surface area contributed by atoms with Gasteiger partial charge in [-0.25, -0.2) is 4.98 Å². The number of aromatic nitrogens is 3. The van der Waals surface area contributed by atoms with Crippen molar-refractivity contribution in [3.8, 4) is 0 Å². The van der Waals surface area contributed by atoms with Gasteiger partial charge in [-0.2, -0.15) is 13.2 Å². The van der Waals surface area contributed by atoms with Crippen molar-refractivity contribution in [2.75, 3.05) is 6.54 Å². The molecule has 1 saturated heterocycles. The van der Waals surface area contributed by atoms with Gasteiger partial charge >= 0.3 is 6.18 Å². The number of halogens is 3. The molecule has 7 nitrogen and oxygen atoms in total. The summed E-state index contributed by atoms with van der Waals surface area (Å²) in [6.45, 7) is -1.26. The first-order valence-electron chi connectivity index (χ1n) is 9.70. The summed E-state index contributed by atoms with van der Waals surface area (Å²) < 4.78 is 41.7. The number of carbonyl (C=O) groups excluding carboxylic acids is 1. The van der Waals surface area contributed by atoms with Crippen LogP contribution in [0.2, 0.25) is 0 Å². The van der Waals surface area contributed by atoms with Gasteiger partial charge in [-0.1, -0.05) is 12.1 Å². The van der Waals surface area contributed by atoms with Gasteiger partial charge in [0.25, 0.3) is 17.0 Å². The van der Waals surface area contributed by atoms with Gasteiger partial charge in [-0.15, -0.1) is 0 Å². The van der Waals surface area contributed by atoms with Gasteiger partial charge < -0.3 is 9.47 Å². The predicted octanol–water partition coefficient (Wildman–Crippen LogP) is 2.63. The minimum Gasteiger partial charge on any atom is -0.328 e. The highest BCUT2D eigenvalue weighted by molar-refractivity contribution is 5.94. The number of rotatable bonds is 3. The SMILES string of the molecule is Cn1cccc(C(=O)N2CCCC2c2nc3ccccc3c(=O)n2CC(F)(F)F)c1=O. The molecule has 10 heteroatoms. The third-order valence-electron chi connectivity index (χ3n) is 5.39. The molecule has 0 bridgehead atoms. The van der Waals surface area contributed by atoms with Crippen molar-refractivity contribution in [3.63, 3.8) is 0 Å². The molecule has 0 saturated carbocycles. The molecule has 1 fully saturated rings. The van der Waals surface area contributed by atoms with Crippen LogP contribution in [-0.4, -0.2) is 37.6 Å². The van der Waals surface area contributed by atoms with Crippen LogP contribution in [-0.2, 0) is 13.6 Å². The molecule has 162 valence electrons. The van der Waals surface area contributed by atoms with E-state index in [1.807, 2.05) is 0 Å². The standard InChI is InChI=1S/C21H19F3N4O3/c1-26-10-4-7-14(18(26)29)20(31)27-11-5-9-16(27)17-25-15-8-3-2-6-13(15)19(30)28(17)12-21(22,23)24/h2-4,6-8,10,16H,5,9,11-12H2,1H3. The number of amides is 1. The number of carbonyl (C=O) groups is 1. The van der Waals surface area contributed by atoms with Crippen LogP contribution >= 0.6 is 0 Å². The lowest BCUT2D eigenvalue weighted by molar-refractivity contribution is -0.141. The van der Waals surface area contributed by atoms with Crippen molar-refractivity contribution < 1.29 is 18.0 Å². The highest BCUT2D eigenvalue weighted by Crippen LogP contribution is 2.33. The second kappa shape index (κ2) is 7.68. The molecule has 3 heterocycles. The van der Waals surface area contributed by atoms with E-state index in [2.05, 4.69) is 4.98 Å². The molecule has 3 aromatic rings. The third-order valence-corrected chi connectivity index (χ3v) is 5.39. The number of alkyl halides is 3. The van der Waals surface area contributed by atoms with Crippen LogP contribution in [0.5, 0.6) is 0 Å². The molecule has 0 spiro atoms. The maximum absolute atomic E-state index is 13.3. The Kier molecular flexibility index (Phi) is 5.16. The minimum atomic E-state index is -4.65. The number of hydrogen-bond donors (Lipinski definition) is 0. The van der Waals surface area contributed by atoms with E-state index in [4.69, 9.17) is 0 Å². The van der Waals surface area contributed by atoms with E-state index < -0.39 is 35.8 Å². The summed E-state index contributed by atoms with van der Waals surface area (Å²) >= 11 is 0. The van der Waals surface area contributed by atoms with Crippen molar-refractivity contribution in [1.82, 2.24) is 19.0 Å². The van der Waals surface area contributed by atoms with Crippen LogP contribution in [0, 0.1) is 0 Å². The zero-order valence-corrected chi connectivity index (χ0v) is 16.6. The van der Waals surface area contributed by atoms with Gasteiger partial charge in [0.1, 0.15) is 17.9 Å². The van der Waals surface area contributed by atoms with E-state index in [9.17, 15) is 27.6 Å². The first-order chi connectivity index (χ1) is 14.7. The molecule has 0 N–H and O–H groups in total. The Morgan fingerprint density at radius 3 is 2.61 bits per heavy atom. The molecular weight excluding hydrogens is 413 g/mol. The van der Waals surface area contributed by atoms with Gasteiger partial charge in [0.05, 0.1) is 16.9 Å². The van der Waals surface area contributed by atoms with Crippen molar-refractivity contribution in [2.45, 2.75) is 31.6 Å². The number of pyridine rings is 1. The number of benzene rings is 1. The topological polar surface area (TPSA) is 77.2 Å². The van der Waals surface area contributed by atoms with Crippen LogP contribution in [0.25, 0.3) is 10.9 Å². The van der Waals surface area contributed by atoms with Crippen molar-refractivity contribution >= 4 is 16.8 Å². The number of para-hydroxylation sites is 1. The Balaban J connectivity index is 1.85. The summed E-state index contributed by atoms with van der Waals surface area (Å²) in [4.78, 5) is 44.1. The van der Waals surface area contributed by atoms with E-state index in [-0.39, 0.29) is 28.8 Å². The fraction of sp³-hybridized carbons (Fsp3) is 0.333. The Bertz CT molecular complexity index is 1280. The summed E-state index contributed by atoms with van der Waals surface area (Å²) in [5, 5.41) is 0.0725. The molecule has 0 radical (unpaired) electrons. The van der Waals surface area contributed by atoms with Crippen molar-refractivity contribution in [1.29, 1.82) is 0 Å². The molecule has 1 aromatic carbocycles. The highest BCUT2D eigenvalue weighted by atomic mass is 19.4. The fourth-order valence-corrected chi connectivity index (χ4v) is 3.96. The largest absolute Gasteiger partial charge is 0.406 e. The average molecular weight is 432 g/mol. The molecule has 0 aliphatic carbocycles. The van der Waals surface area contributed by atoms with Crippen LogP contribution < -0.4 is 11.1 Å². The summed E-state index contributed by atoms with van der Waals surface area (Å²) in [7, 11) is 1.51. The van der Waals surface area contributed by atoms with Crippen LogP contribution in [0.15, 0.2) is 52.2 Å². The molecule has 1 amide bonds. The van der Waals surface area contributed by atoms with Gasteiger partial charge in [0.2, 0.25) is 0 Å². The number of nitrogens with zero attached hydrogens (tertiary/aromatic N) is 4. The quantitative estimate of drug-likeness (QED) is 0.638. The Hall–Kier alpha value is -3.43. The molecule has 31 heavy (non-hydrogen) atoms. The highest BCUT2D eigenvalue weighted by Gasteiger charge is 2.37. The van der Waals surface area contributed by atoms with E-state index in [0.29, 0.717) is 17.4 Å². The maximum Gasteiger partial charge on any atom is 0.406 e. The predicted molar refractivity (Wildman–Crippen MR) is 107 cm³/mol. The van der Waals surface area contributed by atoms with Crippen LogP contribution in [0.1, 0.15) is 35.1 Å². The number of fused-ring (bicyclic) bond motifs is 1. The zero-order chi connectivity index (χ0) is 22.3. The molecule has 2 aromatic heterocycles. The van der Waals surface area contributed by atoms with E-state index in [1.165, 1.54) is 34.8 Å². The smallest absolute Gasteiger partial charge is 0.328 e. The first-order valence-corrected chi connectivity index (χ1v) is 9.70. The Labute approximate surface area is 174 Å². The molecule has 4 rings (SSSR count). The van der Waals surface area contributed by atoms with Crippen LogP contribution in [0.3, 0.4) is 0 Å². The second-order valence-electron chi connectivity index (χ2n) is 7.49. The monoisotopic (exact) mass is 432 g/mol. The molecular formula is C21H19F3N4O3. The van der Waals surface area contributed by atoms with Crippen molar-refractivity contribution in [3.05, 3.63) is 74.7 Å². The summed E-state index contributed by atoms with van der Waals surface area (Å²) in [6, 6.07) is 8.25. The van der Waals surface area contributed by atoms with E-state index >= 15 is 0 Å².